The normalized spacial score (nSPS) is 17.0. The number of nitrogens with zero attached hydrogens (tertiary/aromatic N) is 3. The molecule has 0 saturated carbocycles. The molecule has 1 aromatic heterocycles. The van der Waals surface area contributed by atoms with Gasteiger partial charge >= 0.3 is 0 Å². The minimum Gasteiger partial charge on any atom is -0.315 e. The van der Waals surface area contributed by atoms with Crippen molar-refractivity contribution in [1.29, 1.82) is 0 Å². The molecule has 4 nitrogen and oxygen atoms in total. The summed E-state index contributed by atoms with van der Waals surface area (Å²) in [6, 6.07) is 26.6. The summed E-state index contributed by atoms with van der Waals surface area (Å²) in [4.78, 5) is 9.39. The summed E-state index contributed by atoms with van der Waals surface area (Å²) < 4.78 is 2.14. The highest BCUT2D eigenvalue weighted by atomic mass is 35.5. The number of benzene rings is 3. The molecule has 1 unspecified atom stereocenters. The highest BCUT2D eigenvalue weighted by molar-refractivity contribution is 6.66. The van der Waals surface area contributed by atoms with Gasteiger partial charge in [0.1, 0.15) is 5.84 Å². The van der Waals surface area contributed by atoms with Gasteiger partial charge in [-0.25, -0.2) is 9.98 Å². The highest BCUT2D eigenvalue weighted by Gasteiger charge is 2.21. The molecule has 0 spiro atoms. The Morgan fingerprint density at radius 1 is 0.731 bits per heavy atom. The second-order valence-electron chi connectivity index (χ2n) is 6.14. The van der Waals surface area contributed by atoms with E-state index in [2.05, 4.69) is 51.3 Å². The second kappa shape index (κ2) is 6.00. The minimum absolute atomic E-state index is 0.339. The molecule has 0 aliphatic carbocycles. The van der Waals surface area contributed by atoms with Crippen LogP contribution in [-0.2, 0) is 0 Å². The topological polar surface area (TPSA) is 41.7 Å². The van der Waals surface area contributed by atoms with Crippen molar-refractivity contribution in [2.75, 3.05) is 0 Å². The predicted molar refractivity (Wildman–Crippen MR) is 108 cm³/mol. The van der Waals surface area contributed by atoms with E-state index in [1.807, 2.05) is 42.5 Å². The van der Waals surface area contributed by atoms with Crippen LogP contribution in [0.3, 0.4) is 0 Å². The molecule has 1 aliphatic rings. The Balaban J connectivity index is 1.76. The molecule has 4 aromatic rings. The van der Waals surface area contributed by atoms with E-state index in [0.717, 1.165) is 22.4 Å². The summed E-state index contributed by atoms with van der Waals surface area (Å²) in [5.74, 6) is 0.720. The number of para-hydroxylation sites is 2. The molecule has 0 radical (unpaired) electrons. The van der Waals surface area contributed by atoms with Gasteiger partial charge in [0.05, 0.1) is 11.0 Å². The smallest absolute Gasteiger partial charge is 0.225 e. The summed E-state index contributed by atoms with van der Waals surface area (Å²) in [5.41, 5.74) is 3.15. The Kier molecular flexibility index (Phi) is 3.50. The van der Waals surface area contributed by atoms with E-state index in [-0.39, 0.29) is 0 Å². The van der Waals surface area contributed by atoms with Crippen LogP contribution in [0.1, 0.15) is 11.9 Å². The average molecular weight is 359 g/mol. The fourth-order valence-electron chi connectivity index (χ4n) is 3.47. The molecule has 0 bridgehead atoms. The van der Waals surface area contributed by atoms with Crippen LogP contribution >= 0.6 is 11.6 Å². The van der Waals surface area contributed by atoms with Gasteiger partial charge in [0.25, 0.3) is 0 Å². The monoisotopic (exact) mass is 358 g/mol. The zero-order chi connectivity index (χ0) is 17.5. The maximum absolute atomic E-state index is 6.32. The molecule has 0 fully saturated rings. The number of hydrogen-bond acceptors (Lipinski definition) is 3. The molecule has 1 N–H and O–H groups in total. The van der Waals surface area contributed by atoms with Crippen molar-refractivity contribution in [3.8, 4) is 0 Å². The number of aromatic nitrogens is 1. The molecule has 26 heavy (non-hydrogen) atoms. The standard InChI is InChI=1S/C21H15ClN4/c22-20-23-19(14-8-2-1-3-9-14)24-21(25-20)26-17-12-6-4-10-15(17)16-11-5-7-13-18(16)26/h1-13,21H,(H,23,24,25). The first kappa shape index (κ1) is 15.2. The van der Waals surface area contributed by atoms with Crippen molar-refractivity contribution in [2.24, 2.45) is 9.98 Å². The zero-order valence-electron chi connectivity index (χ0n) is 13.8. The SMILES string of the molecule is ClC1=NC(n2c3ccccc3c3ccccc32)N=C(c2ccccc2)N1. The summed E-state index contributed by atoms with van der Waals surface area (Å²) >= 11 is 6.32. The predicted octanol–water partition coefficient (Wildman–Crippen LogP) is 4.90. The molecular weight excluding hydrogens is 344 g/mol. The van der Waals surface area contributed by atoms with Crippen LogP contribution in [0.4, 0.5) is 0 Å². The third-order valence-electron chi connectivity index (χ3n) is 4.59. The molecule has 126 valence electrons. The first-order valence-corrected chi connectivity index (χ1v) is 8.80. The zero-order valence-corrected chi connectivity index (χ0v) is 14.6. The van der Waals surface area contributed by atoms with Crippen LogP contribution in [0, 0.1) is 0 Å². The van der Waals surface area contributed by atoms with E-state index in [1.165, 1.54) is 10.8 Å². The second-order valence-corrected chi connectivity index (χ2v) is 6.50. The summed E-state index contributed by atoms with van der Waals surface area (Å²) in [5, 5.41) is 5.78. The van der Waals surface area contributed by atoms with E-state index in [0.29, 0.717) is 5.29 Å². The molecule has 0 saturated heterocycles. The fourth-order valence-corrected chi connectivity index (χ4v) is 3.64. The largest absolute Gasteiger partial charge is 0.315 e. The number of amidine groups is 2. The Bertz CT molecular complexity index is 1120. The summed E-state index contributed by atoms with van der Waals surface area (Å²) in [6.45, 7) is 0. The average Bonchev–Trinajstić information content (AvgIpc) is 3.03. The maximum atomic E-state index is 6.32. The van der Waals surface area contributed by atoms with Crippen LogP contribution in [0.2, 0.25) is 0 Å². The van der Waals surface area contributed by atoms with Gasteiger partial charge < -0.3 is 5.32 Å². The number of halogens is 1. The van der Waals surface area contributed by atoms with Crippen molar-refractivity contribution in [3.63, 3.8) is 0 Å². The quantitative estimate of drug-likeness (QED) is 0.509. The van der Waals surface area contributed by atoms with Gasteiger partial charge in [0.2, 0.25) is 11.6 Å². The third kappa shape index (κ3) is 2.38. The Morgan fingerprint density at radius 3 is 1.96 bits per heavy atom. The Morgan fingerprint density at radius 2 is 1.31 bits per heavy atom. The first-order chi connectivity index (χ1) is 12.8. The Hall–Kier alpha value is -3.11. The van der Waals surface area contributed by atoms with Crippen molar-refractivity contribution < 1.29 is 0 Å². The van der Waals surface area contributed by atoms with E-state index in [4.69, 9.17) is 16.6 Å². The van der Waals surface area contributed by atoms with Gasteiger partial charge in [0.15, 0.2) is 0 Å². The third-order valence-corrected chi connectivity index (χ3v) is 4.78. The fraction of sp³-hybridized carbons (Fsp3) is 0.0476. The number of hydrogen-bond donors (Lipinski definition) is 1. The number of rotatable bonds is 2. The molecule has 0 amide bonds. The van der Waals surface area contributed by atoms with Gasteiger partial charge in [-0.3, -0.25) is 4.57 Å². The number of fused-ring (bicyclic) bond motifs is 3. The van der Waals surface area contributed by atoms with Crippen molar-refractivity contribution in [2.45, 2.75) is 6.29 Å². The van der Waals surface area contributed by atoms with Gasteiger partial charge in [-0.2, -0.15) is 0 Å². The van der Waals surface area contributed by atoms with Crippen LogP contribution in [-0.4, -0.2) is 15.7 Å². The van der Waals surface area contributed by atoms with Crippen molar-refractivity contribution in [3.05, 3.63) is 84.4 Å². The Labute approximate surface area is 155 Å². The lowest BCUT2D eigenvalue weighted by Gasteiger charge is -2.21. The lowest BCUT2D eigenvalue weighted by atomic mass is 10.2. The molecule has 5 heteroatoms. The lowest BCUT2D eigenvalue weighted by molar-refractivity contribution is 0.577. The summed E-state index contributed by atoms with van der Waals surface area (Å²) in [6.07, 6.45) is -0.455. The van der Waals surface area contributed by atoms with Crippen LogP contribution in [0.25, 0.3) is 21.8 Å². The van der Waals surface area contributed by atoms with Crippen LogP contribution in [0.15, 0.2) is 88.8 Å². The van der Waals surface area contributed by atoms with E-state index in [9.17, 15) is 0 Å². The number of nitrogens with one attached hydrogen (secondary N) is 1. The van der Waals surface area contributed by atoms with E-state index >= 15 is 0 Å². The van der Waals surface area contributed by atoms with Crippen LogP contribution in [0.5, 0.6) is 0 Å². The van der Waals surface area contributed by atoms with Crippen molar-refractivity contribution >= 4 is 44.5 Å². The molecular formula is C21H15ClN4. The van der Waals surface area contributed by atoms with Crippen LogP contribution < -0.4 is 5.32 Å². The molecule has 3 aromatic carbocycles. The van der Waals surface area contributed by atoms with E-state index in [1.54, 1.807) is 0 Å². The van der Waals surface area contributed by atoms with Gasteiger partial charge in [-0.05, 0) is 23.7 Å². The summed E-state index contributed by atoms with van der Waals surface area (Å²) in [7, 11) is 0. The van der Waals surface area contributed by atoms with E-state index < -0.39 is 6.29 Å². The molecule has 1 atom stereocenters. The van der Waals surface area contributed by atoms with Crippen molar-refractivity contribution in [1.82, 2.24) is 9.88 Å². The molecule has 2 heterocycles. The van der Waals surface area contributed by atoms with Gasteiger partial charge in [-0.1, -0.05) is 66.7 Å². The maximum Gasteiger partial charge on any atom is 0.225 e. The van der Waals surface area contributed by atoms with Gasteiger partial charge in [-0.15, -0.1) is 0 Å². The first-order valence-electron chi connectivity index (χ1n) is 8.42. The number of aliphatic imine (C=N–C) groups is 2. The van der Waals surface area contributed by atoms with Gasteiger partial charge in [0, 0.05) is 16.3 Å². The highest BCUT2D eigenvalue weighted by Crippen LogP contribution is 2.33. The molecule has 5 rings (SSSR count). The molecule has 1 aliphatic heterocycles. The lowest BCUT2D eigenvalue weighted by Crippen LogP contribution is -2.33. The minimum atomic E-state index is -0.455.